The lowest BCUT2D eigenvalue weighted by molar-refractivity contribution is -0.192. The maximum atomic E-state index is 14.9. The summed E-state index contributed by atoms with van der Waals surface area (Å²) < 4.78 is 78.3. The van der Waals surface area contributed by atoms with Crippen molar-refractivity contribution < 1.29 is 45.4 Å². The number of piperidine rings is 1. The van der Waals surface area contributed by atoms with Gasteiger partial charge in [0.05, 0.1) is 17.9 Å². The molecular weight excluding hydrogens is 651 g/mol. The van der Waals surface area contributed by atoms with Crippen LogP contribution in [-0.4, -0.2) is 61.4 Å². The van der Waals surface area contributed by atoms with E-state index in [1.165, 1.54) is 19.1 Å². The fraction of sp³-hybridized carbons (Fsp3) is 0.517. The van der Waals surface area contributed by atoms with Gasteiger partial charge in [-0.3, -0.25) is 9.69 Å². The molecule has 0 radical (unpaired) electrons. The van der Waals surface area contributed by atoms with Gasteiger partial charge in [0, 0.05) is 40.7 Å². The van der Waals surface area contributed by atoms with Gasteiger partial charge in [0.25, 0.3) is 5.91 Å². The molecule has 15 heteroatoms. The highest BCUT2D eigenvalue weighted by atomic mass is 35.5. The molecule has 44 heavy (non-hydrogen) atoms. The van der Waals surface area contributed by atoms with Crippen LogP contribution in [-0.2, 0) is 14.8 Å². The van der Waals surface area contributed by atoms with Crippen molar-refractivity contribution in [2.24, 2.45) is 5.92 Å². The van der Waals surface area contributed by atoms with Crippen LogP contribution in [0.4, 0.5) is 17.6 Å². The maximum Gasteiger partial charge on any atom is 0.490 e. The highest BCUT2D eigenvalue weighted by molar-refractivity contribution is 7.90. The zero-order valence-electron chi connectivity index (χ0n) is 24.3. The fourth-order valence-electron chi connectivity index (χ4n) is 4.96. The second-order valence-corrected chi connectivity index (χ2v) is 13.8. The Morgan fingerprint density at radius 3 is 2.20 bits per heavy atom. The molecule has 2 N–H and O–H groups in total. The Hall–Kier alpha value is -2.61. The van der Waals surface area contributed by atoms with Gasteiger partial charge in [0.1, 0.15) is 11.6 Å². The van der Waals surface area contributed by atoms with E-state index < -0.39 is 33.9 Å². The lowest BCUT2D eigenvalue weighted by Gasteiger charge is -2.42. The molecule has 244 valence electrons. The minimum absolute atomic E-state index is 0.116. The topological polar surface area (TPSA) is 113 Å². The molecule has 2 aromatic rings. The quantitative estimate of drug-likeness (QED) is 0.275. The first-order valence-corrected chi connectivity index (χ1v) is 16.4. The molecule has 1 aliphatic heterocycles. The third-order valence-electron chi connectivity index (χ3n) is 7.60. The molecule has 4 rings (SSSR count). The molecule has 1 heterocycles. The van der Waals surface area contributed by atoms with Crippen molar-refractivity contribution >= 4 is 45.1 Å². The number of hydrogen-bond acceptors (Lipinski definition) is 6. The molecule has 2 aliphatic rings. The van der Waals surface area contributed by atoms with Crippen LogP contribution < -0.4 is 9.46 Å². The summed E-state index contributed by atoms with van der Waals surface area (Å²) in [5.41, 5.74) is 1.53. The van der Waals surface area contributed by atoms with Crippen molar-refractivity contribution in [3.05, 3.63) is 62.9 Å². The van der Waals surface area contributed by atoms with E-state index in [9.17, 15) is 30.8 Å². The van der Waals surface area contributed by atoms with Crippen LogP contribution in [0.25, 0.3) is 0 Å². The highest BCUT2D eigenvalue weighted by Gasteiger charge is 2.38. The average Bonchev–Trinajstić information content (AvgIpc) is 3.76. The molecule has 1 saturated heterocycles. The van der Waals surface area contributed by atoms with Crippen LogP contribution in [0.1, 0.15) is 79.9 Å². The van der Waals surface area contributed by atoms with Crippen molar-refractivity contribution in [3.8, 4) is 5.75 Å². The van der Waals surface area contributed by atoms with E-state index in [4.69, 9.17) is 37.8 Å². The number of aliphatic carboxylic acids is 1. The highest BCUT2D eigenvalue weighted by Crippen LogP contribution is 2.45. The van der Waals surface area contributed by atoms with Gasteiger partial charge in [0.2, 0.25) is 10.0 Å². The van der Waals surface area contributed by atoms with Gasteiger partial charge >= 0.3 is 12.1 Å². The molecule has 8 nitrogen and oxygen atoms in total. The summed E-state index contributed by atoms with van der Waals surface area (Å²) >= 11 is 12.5. The van der Waals surface area contributed by atoms with Gasteiger partial charge < -0.3 is 9.84 Å². The molecule has 0 aromatic heterocycles. The molecule has 2 fully saturated rings. The summed E-state index contributed by atoms with van der Waals surface area (Å²) in [5.74, 6) is -3.94. The number of likely N-dealkylation sites (tertiary alicyclic amines) is 1. The van der Waals surface area contributed by atoms with E-state index in [-0.39, 0.29) is 29.2 Å². The lowest BCUT2D eigenvalue weighted by atomic mass is 9.91. The van der Waals surface area contributed by atoms with E-state index in [2.05, 4.69) is 18.7 Å². The average molecular weight is 686 g/mol. The zero-order valence-corrected chi connectivity index (χ0v) is 26.6. The van der Waals surface area contributed by atoms with E-state index >= 15 is 0 Å². The van der Waals surface area contributed by atoms with Gasteiger partial charge in [0.15, 0.2) is 0 Å². The molecule has 0 unspecified atom stereocenters. The number of carbonyl (C=O) groups is 2. The molecular formula is C29H34Cl2F4N2O6S. The molecule has 3 atom stereocenters. The number of hydrogen-bond donors (Lipinski definition) is 2. The number of carboxylic acid groups (broad SMARTS) is 1. The standard InChI is InChI=1S/C27H33Cl2FN2O4S.C2HF3O2/c1-4-37(34,35)31-27(33)24-12-23(19-7-8-19)26(13-25(24)30)36-15-18-6-5-16(2)32(14-18)17(3)20-9-21(28)11-22(29)10-20;3-2(4,5)1(6)7/h9-13,16-19H,4-8,14-15H2,1-3H3,(H,31,33);(H,6,7)/t16-,17+,18-;/m1./s1. The number of benzene rings is 2. The molecule has 0 bridgehead atoms. The number of ether oxygens (including phenoxy) is 1. The number of nitrogens with one attached hydrogen (secondary N) is 1. The van der Waals surface area contributed by atoms with Crippen LogP contribution in [0, 0.1) is 11.7 Å². The number of carbonyl (C=O) groups excluding carboxylic acids is 1. The lowest BCUT2D eigenvalue weighted by Crippen LogP contribution is -2.44. The van der Waals surface area contributed by atoms with Crippen molar-refractivity contribution in [1.29, 1.82) is 0 Å². The minimum Gasteiger partial charge on any atom is -0.493 e. The Morgan fingerprint density at radius 1 is 1.09 bits per heavy atom. The largest absolute Gasteiger partial charge is 0.493 e. The van der Waals surface area contributed by atoms with Gasteiger partial charge in [-0.25, -0.2) is 22.3 Å². The predicted molar refractivity (Wildman–Crippen MR) is 158 cm³/mol. The summed E-state index contributed by atoms with van der Waals surface area (Å²) in [7, 11) is -3.79. The molecule has 0 spiro atoms. The monoisotopic (exact) mass is 684 g/mol. The first-order valence-electron chi connectivity index (χ1n) is 13.9. The van der Waals surface area contributed by atoms with Crippen LogP contribution >= 0.6 is 23.2 Å². The number of amides is 1. The summed E-state index contributed by atoms with van der Waals surface area (Å²) in [4.78, 5) is 23.8. The van der Waals surface area contributed by atoms with Crippen LogP contribution in [0.3, 0.4) is 0 Å². The van der Waals surface area contributed by atoms with E-state index in [1.54, 1.807) is 6.07 Å². The van der Waals surface area contributed by atoms with E-state index in [0.717, 1.165) is 43.4 Å². The smallest absolute Gasteiger partial charge is 0.490 e. The fourth-order valence-corrected chi connectivity index (χ4v) is 6.04. The molecule has 1 aliphatic carbocycles. The first kappa shape index (κ1) is 35.9. The zero-order chi connectivity index (χ0) is 33.0. The SMILES string of the molecule is CCS(=O)(=O)NC(=O)c1cc(C2CC2)c(OC[C@@H]2CC[C@@H](C)N([C@@H](C)c3cc(Cl)cc(Cl)c3)C2)cc1F.O=C(O)C(F)(F)F. The number of alkyl halides is 3. The Kier molecular flexibility index (Phi) is 11.9. The van der Waals surface area contributed by atoms with Crippen LogP contribution in [0.15, 0.2) is 30.3 Å². The first-order chi connectivity index (χ1) is 20.4. The second-order valence-electron chi connectivity index (χ2n) is 11.0. The third-order valence-corrected chi connectivity index (χ3v) is 9.29. The number of rotatable bonds is 9. The van der Waals surface area contributed by atoms with Gasteiger partial charge in [-0.1, -0.05) is 23.2 Å². The van der Waals surface area contributed by atoms with E-state index in [1.807, 2.05) is 16.9 Å². The number of carboxylic acids is 1. The van der Waals surface area contributed by atoms with Gasteiger partial charge in [-0.15, -0.1) is 0 Å². The van der Waals surface area contributed by atoms with Gasteiger partial charge in [-0.2, -0.15) is 13.2 Å². The van der Waals surface area contributed by atoms with Crippen LogP contribution in [0.5, 0.6) is 5.75 Å². The number of nitrogens with zero attached hydrogens (tertiary/aromatic N) is 1. The number of halogens is 6. The van der Waals surface area contributed by atoms with Crippen molar-refractivity contribution in [2.45, 2.75) is 70.6 Å². The molecule has 1 amide bonds. The summed E-state index contributed by atoms with van der Waals surface area (Å²) in [6, 6.07) is 8.78. The Labute approximate surface area is 263 Å². The van der Waals surface area contributed by atoms with Crippen molar-refractivity contribution in [3.63, 3.8) is 0 Å². The number of sulfonamides is 1. The van der Waals surface area contributed by atoms with Crippen molar-refractivity contribution in [2.75, 3.05) is 18.9 Å². The minimum atomic E-state index is -5.08. The van der Waals surface area contributed by atoms with Gasteiger partial charge in [-0.05, 0) is 87.8 Å². The van der Waals surface area contributed by atoms with Crippen molar-refractivity contribution in [1.82, 2.24) is 9.62 Å². The predicted octanol–water partition coefficient (Wildman–Crippen LogP) is 6.96. The third kappa shape index (κ3) is 9.95. The normalized spacial score (nSPS) is 19.8. The maximum absolute atomic E-state index is 14.9. The summed E-state index contributed by atoms with van der Waals surface area (Å²) in [5, 5.41) is 8.34. The summed E-state index contributed by atoms with van der Waals surface area (Å²) in [6.45, 7) is 6.99. The van der Waals surface area contributed by atoms with Crippen LogP contribution in [0.2, 0.25) is 10.0 Å². The molecule has 1 saturated carbocycles. The second kappa shape index (κ2) is 14.7. The summed E-state index contributed by atoms with van der Waals surface area (Å²) in [6.07, 6.45) is -1.26. The molecule has 2 aromatic carbocycles. The Balaban J connectivity index is 0.000000676. The Morgan fingerprint density at radius 2 is 1.68 bits per heavy atom. The Bertz CT molecular complexity index is 1450. The van der Waals surface area contributed by atoms with E-state index in [0.29, 0.717) is 28.4 Å².